The summed E-state index contributed by atoms with van der Waals surface area (Å²) in [5.74, 6) is -1.15. The van der Waals surface area contributed by atoms with Gasteiger partial charge in [-0.1, -0.05) is 22.0 Å². The Hall–Kier alpha value is 0.730. The Bertz CT molecular complexity index is 554. The molecule has 2 bridgehead atoms. The van der Waals surface area contributed by atoms with Crippen molar-refractivity contribution in [2.24, 2.45) is 5.92 Å². The Morgan fingerprint density at radius 3 is 2.81 bits per heavy atom. The van der Waals surface area contributed by atoms with Gasteiger partial charge in [-0.15, -0.1) is 23.5 Å². The van der Waals surface area contributed by atoms with Gasteiger partial charge in [-0.2, -0.15) is 0 Å². The van der Waals surface area contributed by atoms with Gasteiger partial charge >= 0.3 is 0 Å². The van der Waals surface area contributed by atoms with Crippen LogP contribution in [0.5, 0.6) is 0 Å². The van der Waals surface area contributed by atoms with Crippen molar-refractivity contribution in [1.82, 2.24) is 0 Å². The quantitative estimate of drug-likeness (QED) is 0.514. The van der Waals surface area contributed by atoms with Crippen LogP contribution < -0.4 is 0 Å². The summed E-state index contributed by atoms with van der Waals surface area (Å²) in [5, 5.41) is 0.325. The number of ketones is 1. The number of alkyl halides is 1. The smallest absolute Gasteiger partial charge is 0.254 e. The highest BCUT2D eigenvalue weighted by molar-refractivity contribution is 9.14. The number of allylic oxidation sites excluding steroid dienone is 1. The number of hydrogen-bond acceptors (Lipinski definition) is 5. The highest BCUT2D eigenvalue weighted by Crippen LogP contribution is 2.55. The maximum absolute atomic E-state index is 13.1. The van der Waals surface area contributed by atoms with Crippen LogP contribution in [0, 0.1) is 5.92 Å². The summed E-state index contributed by atoms with van der Waals surface area (Å²) in [6, 6.07) is 0. The molecule has 3 atom stereocenters. The van der Waals surface area contributed by atoms with E-state index in [4.69, 9.17) is 9.47 Å². The highest BCUT2D eigenvalue weighted by Gasteiger charge is 2.55. The van der Waals surface area contributed by atoms with E-state index >= 15 is 0 Å². The lowest BCUT2D eigenvalue weighted by atomic mass is 9.91. The molecule has 3 heterocycles. The van der Waals surface area contributed by atoms with Gasteiger partial charge in [-0.05, 0) is 35.2 Å². The predicted molar refractivity (Wildman–Crippen MR) is 92.7 cm³/mol. The number of carbonyl (C=O) groups is 1. The SMILES string of the molecule is O=C1C2C=C(Br)SC(C2)C2=C(CCC(Br)S2)C12OCCO2. The molecule has 0 saturated carbocycles. The predicted octanol–water partition coefficient (Wildman–Crippen LogP) is 4.17. The molecule has 7 heteroatoms. The molecule has 3 aliphatic heterocycles. The molecule has 21 heavy (non-hydrogen) atoms. The number of Topliss-reactive ketones (excluding diaryl/α,β-unsaturated/α-hetero) is 1. The van der Waals surface area contributed by atoms with E-state index in [-0.39, 0.29) is 11.7 Å². The summed E-state index contributed by atoms with van der Waals surface area (Å²) in [6.07, 6.45) is 4.73. The molecule has 1 aliphatic carbocycles. The molecule has 1 saturated heterocycles. The number of thioether (sulfide) groups is 2. The molecule has 0 aromatic carbocycles. The fourth-order valence-corrected chi connectivity index (χ4v) is 7.74. The summed E-state index contributed by atoms with van der Waals surface area (Å²) in [5.41, 5.74) is 1.08. The Morgan fingerprint density at radius 2 is 2.05 bits per heavy atom. The molecule has 1 spiro atoms. The van der Waals surface area contributed by atoms with Crippen molar-refractivity contribution in [1.29, 1.82) is 0 Å². The number of fused-ring (bicyclic) bond motifs is 4. The van der Waals surface area contributed by atoms with Gasteiger partial charge in [0.05, 0.1) is 17.4 Å². The number of hydrogen-bond donors (Lipinski definition) is 0. The Balaban J connectivity index is 1.88. The first kappa shape index (κ1) is 15.3. The number of carbonyl (C=O) groups excluding carboxylic acids is 1. The number of halogens is 2. The summed E-state index contributed by atoms with van der Waals surface area (Å²) in [7, 11) is 0. The third kappa shape index (κ3) is 2.43. The highest BCUT2D eigenvalue weighted by atomic mass is 79.9. The van der Waals surface area contributed by atoms with Crippen LogP contribution in [0.4, 0.5) is 0 Å². The van der Waals surface area contributed by atoms with Crippen LogP contribution in [-0.4, -0.2) is 34.2 Å². The van der Waals surface area contributed by atoms with Gasteiger partial charge in [-0.3, -0.25) is 4.79 Å². The zero-order chi connectivity index (χ0) is 14.6. The van der Waals surface area contributed by atoms with Gasteiger partial charge in [0.25, 0.3) is 5.79 Å². The van der Waals surface area contributed by atoms with E-state index in [9.17, 15) is 4.79 Å². The van der Waals surface area contributed by atoms with Crippen molar-refractivity contribution in [3.8, 4) is 0 Å². The standard InChI is InChI=1S/C14H14Br2O3S2/c15-10-2-1-8-12(21-10)9-5-7(6-11(16)20-9)13(17)14(8)18-3-4-19-14/h6-7,9-10H,1-5H2. The minimum Gasteiger partial charge on any atom is -0.338 e. The summed E-state index contributed by atoms with van der Waals surface area (Å²) >= 11 is 10.9. The van der Waals surface area contributed by atoms with Crippen LogP contribution in [0.15, 0.2) is 20.4 Å². The van der Waals surface area contributed by atoms with Crippen molar-refractivity contribution < 1.29 is 14.3 Å². The van der Waals surface area contributed by atoms with Gasteiger partial charge in [-0.25, -0.2) is 0 Å². The van der Waals surface area contributed by atoms with Crippen LogP contribution >= 0.6 is 55.4 Å². The molecule has 4 aliphatic rings. The first-order valence-corrected chi connectivity index (χ1v) is 10.5. The van der Waals surface area contributed by atoms with Gasteiger partial charge < -0.3 is 9.47 Å². The van der Waals surface area contributed by atoms with Crippen molar-refractivity contribution in [2.45, 2.75) is 34.5 Å². The molecule has 1 fully saturated rings. The second-order valence-electron chi connectivity index (χ2n) is 5.51. The summed E-state index contributed by atoms with van der Waals surface area (Å²) in [4.78, 5) is 14.4. The first-order valence-electron chi connectivity index (χ1n) is 7.00. The Kier molecular flexibility index (Phi) is 4.12. The summed E-state index contributed by atoms with van der Waals surface area (Å²) in [6.45, 7) is 1.00. The van der Waals surface area contributed by atoms with E-state index in [1.54, 1.807) is 11.8 Å². The molecule has 3 nitrogen and oxygen atoms in total. The molecule has 0 N–H and O–H groups in total. The average molecular weight is 454 g/mol. The normalized spacial score (nSPS) is 38.3. The number of rotatable bonds is 0. The Labute approximate surface area is 148 Å². The second kappa shape index (κ2) is 5.67. The zero-order valence-electron chi connectivity index (χ0n) is 11.1. The van der Waals surface area contributed by atoms with E-state index < -0.39 is 5.79 Å². The first-order chi connectivity index (χ1) is 10.1. The van der Waals surface area contributed by atoms with Gasteiger partial charge in [0.2, 0.25) is 5.78 Å². The maximum atomic E-state index is 13.1. The van der Waals surface area contributed by atoms with Crippen molar-refractivity contribution >= 4 is 61.2 Å². The van der Waals surface area contributed by atoms with Crippen molar-refractivity contribution in [2.75, 3.05) is 13.2 Å². The molecule has 0 radical (unpaired) electrons. The second-order valence-corrected chi connectivity index (χ2v) is 11.1. The van der Waals surface area contributed by atoms with Crippen LogP contribution in [0.2, 0.25) is 0 Å². The lowest BCUT2D eigenvalue weighted by molar-refractivity contribution is -0.170. The van der Waals surface area contributed by atoms with Gasteiger partial charge in [0.1, 0.15) is 0 Å². The lowest BCUT2D eigenvalue weighted by Crippen LogP contribution is -2.45. The largest absolute Gasteiger partial charge is 0.338 e. The summed E-state index contributed by atoms with van der Waals surface area (Å²) < 4.78 is 13.3. The van der Waals surface area contributed by atoms with E-state index in [1.807, 2.05) is 17.8 Å². The van der Waals surface area contributed by atoms with Crippen LogP contribution in [0.25, 0.3) is 0 Å². The molecule has 0 amide bonds. The fourth-order valence-electron chi connectivity index (χ4n) is 3.39. The van der Waals surface area contributed by atoms with Crippen LogP contribution in [0.1, 0.15) is 19.3 Å². The average Bonchev–Trinajstić information content (AvgIpc) is 2.94. The molecular weight excluding hydrogens is 440 g/mol. The minimum absolute atomic E-state index is 0.0841. The molecule has 3 unspecified atom stereocenters. The minimum atomic E-state index is -1.11. The van der Waals surface area contributed by atoms with Crippen molar-refractivity contribution in [3.05, 3.63) is 20.4 Å². The fraction of sp³-hybridized carbons (Fsp3) is 0.643. The van der Waals surface area contributed by atoms with Gasteiger partial charge in [0, 0.05) is 25.5 Å². The topological polar surface area (TPSA) is 35.5 Å². The third-order valence-corrected chi connectivity index (χ3v) is 8.62. The molecule has 114 valence electrons. The van der Waals surface area contributed by atoms with E-state index in [1.165, 1.54) is 4.91 Å². The monoisotopic (exact) mass is 452 g/mol. The number of ether oxygens (including phenoxy) is 2. The van der Waals surface area contributed by atoms with Crippen LogP contribution in [-0.2, 0) is 14.3 Å². The molecule has 4 rings (SSSR count). The zero-order valence-corrected chi connectivity index (χ0v) is 15.9. The van der Waals surface area contributed by atoms with E-state index in [0.717, 1.165) is 28.6 Å². The molecule has 0 aromatic rings. The van der Waals surface area contributed by atoms with E-state index in [2.05, 4.69) is 31.9 Å². The molecular formula is C14H14Br2O3S2. The molecule has 0 aromatic heterocycles. The van der Waals surface area contributed by atoms with Crippen LogP contribution in [0.3, 0.4) is 0 Å². The van der Waals surface area contributed by atoms with E-state index in [0.29, 0.717) is 22.6 Å². The van der Waals surface area contributed by atoms with Gasteiger partial charge in [0.15, 0.2) is 0 Å². The maximum Gasteiger partial charge on any atom is 0.254 e. The lowest BCUT2D eigenvalue weighted by Gasteiger charge is -2.33. The third-order valence-electron chi connectivity index (χ3n) is 4.27. The Morgan fingerprint density at radius 1 is 1.29 bits per heavy atom. The van der Waals surface area contributed by atoms with Crippen molar-refractivity contribution in [3.63, 3.8) is 0 Å².